The number of benzene rings is 1. The van der Waals surface area contributed by atoms with E-state index < -0.39 is 0 Å². The van der Waals surface area contributed by atoms with Gasteiger partial charge in [0.15, 0.2) is 10.5 Å². The van der Waals surface area contributed by atoms with Crippen molar-refractivity contribution in [3.05, 3.63) is 57.5 Å². The Morgan fingerprint density at radius 2 is 2.06 bits per heavy atom. The SMILES string of the molecule is O=C(Cc1ccc2c(c1)CCC2)c1ccoc1Br. The highest BCUT2D eigenvalue weighted by atomic mass is 79.9. The van der Waals surface area contributed by atoms with E-state index >= 15 is 0 Å². The van der Waals surface area contributed by atoms with Crippen LogP contribution in [0.5, 0.6) is 0 Å². The highest BCUT2D eigenvalue weighted by Crippen LogP contribution is 2.24. The number of carbonyl (C=O) groups excluding carboxylic acids is 1. The van der Waals surface area contributed by atoms with Gasteiger partial charge in [-0.15, -0.1) is 0 Å². The van der Waals surface area contributed by atoms with Gasteiger partial charge in [-0.2, -0.15) is 0 Å². The summed E-state index contributed by atoms with van der Waals surface area (Å²) in [6.45, 7) is 0. The van der Waals surface area contributed by atoms with Gasteiger partial charge < -0.3 is 4.42 Å². The minimum absolute atomic E-state index is 0.0913. The molecule has 18 heavy (non-hydrogen) atoms. The molecule has 1 aromatic heterocycles. The van der Waals surface area contributed by atoms with Crippen LogP contribution in [0, 0.1) is 0 Å². The Hall–Kier alpha value is -1.35. The van der Waals surface area contributed by atoms with Crippen LogP contribution >= 0.6 is 15.9 Å². The first kappa shape index (κ1) is 11.7. The Morgan fingerprint density at radius 1 is 1.22 bits per heavy atom. The predicted molar refractivity (Wildman–Crippen MR) is 72.9 cm³/mol. The molecule has 1 aliphatic rings. The number of aryl methyl sites for hydroxylation is 2. The maximum atomic E-state index is 12.1. The first-order chi connectivity index (χ1) is 8.74. The van der Waals surface area contributed by atoms with E-state index in [1.54, 1.807) is 6.07 Å². The number of halogens is 1. The van der Waals surface area contributed by atoms with E-state index in [1.807, 2.05) is 0 Å². The summed E-state index contributed by atoms with van der Waals surface area (Å²) >= 11 is 3.24. The Morgan fingerprint density at radius 3 is 2.83 bits per heavy atom. The van der Waals surface area contributed by atoms with Crippen LogP contribution in [0.2, 0.25) is 0 Å². The second-order valence-electron chi connectivity index (χ2n) is 4.66. The van der Waals surface area contributed by atoms with Gasteiger partial charge in [0.2, 0.25) is 0 Å². The molecule has 3 heteroatoms. The van der Waals surface area contributed by atoms with E-state index in [9.17, 15) is 4.79 Å². The topological polar surface area (TPSA) is 30.2 Å². The van der Waals surface area contributed by atoms with E-state index in [0.29, 0.717) is 16.7 Å². The summed E-state index contributed by atoms with van der Waals surface area (Å²) in [5, 5.41) is 0. The molecule has 0 amide bonds. The Kier molecular flexibility index (Phi) is 3.08. The monoisotopic (exact) mass is 304 g/mol. The van der Waals surface area contributed by atoms with E-state index in [0.717, 1.165) is 12.0 Å². The number of rotatable bonds is 3. The van der Waals surface area contributed by atoms with Gasteiger partial charge in [-0.1, -0.05) is 18.2 Å². The smallest absolute Gasteiger partial charge is 0.179 e. The van der Waals surface area contributed by atoms with Crippen LogP contribution in [0.15, 0.2) is 39.6 Å². The first-order valence-electron chi connectivity index (χ1n) is 6.11. The number of hydrogen-bond donors (Lipinski definition) is 0. The van der Waals surface area contributed by atoms with E-state index in [2.05, 4.69) is 34.1 Å². The molecule has 0 N–H and O–H groups in total. The molecule has 1 heterocycles. The number of fused-ring (bicyclic) bond motifs is 1. The zero-order valence-electron chi connectivity index (χ0n) is 9.91. The van der Waals surface area contributed by atoms with Gasteiger partial charge in [-0.25, -0.2) is 0 Å². The Labute approximate surface area is 114 Å². The lowest BCUT2D eigenvalue weighted by Crippen LogP contribution is -2.03. The zero-order valence-corrected chi connectivity index (χ0v) is 11.5. The van der Waals surface area contributed by atoms with Crippen molar-refractivity contribution in [3.8, 4) is 0 Å². The number of furan rings is 1. The molecule has 0 fully saturated rings. The molecule has 0 radical (unpaired) electrons. The first-order valence-corrected chi connectivity index (χ1v) is 6.90. The third-order valence-electron chi connectivity index (χ3n) is 3.45. The molecule has 92 valence electrons. The molecule has 0 aliphatic heterocycles. The normalized spacial score (nSPS) is 13.6. The summed E-state index contributed by atoms with van der Waals surface area (Å²) in [5.41, 5.74) is 4.56. The maximum absolute atomic E-state index is 12.1. The largest absolute Gasteiger partial charge is 0.457 e. The zero-order chi connectivity index (χ0) is 12.5. The average Bonchev–Trinajstić information content (AvgIpc) is 2.96. The van der Waals surface area contributed by atoms with Crippen molar-refractivity contribution in [3.63, 3.8) is 0 Å². The summed E-state index contributed by atoms with van der Waals surface area (Å²) in [6.07, 6.45) is 5.52. The van der Waals surface area contributed by atoms with Gasteiger partial charge >= 0.3 is 0 Å². The molecule has 0 spiro atoms. The van der Waals surface area contributed by atoms with Crippen LogP contribution in [0.3, 0.4) is 0 Å². The van der Waals surface area contributed by atoms with Crippen molar-refractivity contribution in [2.45, 2.75) is 25.7 Å². The molecular weight excluding hydrogens is 292 g/mol. The van der Waals surface area contributed by atoms with Gasteiger partial charge in [0.1, 0.15) is 0 Å². The fourth-order valence-corrected chi connectivity index (χ4v) is 2.97. The minimum atomic E-state index is 0.0913. The maximum Gasteiger partial charge on any atom is 0.179 e. The molecule has 2 nitrogen and oxygen atoms in total. The lowest BCUT2D eigenvalue weighted by Gasteiger charge is -2.04. The van der Waals surface area contributed by atoms with Crippen molar-refractivity contribution < 1.29 is 9.21 Å². The Bertz CT molecular complexity index is 598. The third-order valence-corrected chi connectivity index (χ3v) is 4.06. The molecule has 3 rings (SSSR count). The van der Waals surface area contributed by atoms with Crippen LogP contribution < -0.4 is 0 Å². The van der Waals surface area contributed by atoms with Gasteiger partial charge in [0.05, 0.1) is 11.8 Å². The molecule has 0 atom stereocenters. The molecule has 0 saturated carbocycles. The van der Waals surface area contributed by atoms with Crippen LogP contribution in [-0.2, 0) is 19.3 Å². The van der Waals surface area contributed by atoms with E-state index in [1.165, 1.54) is 30.2 Å². The summed E-state index contributed by atoms with van der Waals surface area (Å²) in [6, 6.07) is 8.11. The number of Topliss-reactive ketones (excluding diaryl/α,β-unsaturated/α-hetero) is 1. The van der Waals surface area contributed by atoms with Gasteiger partial charge in [-0.3, -0.25) is 4.79 Å². The lowest BCUT2D eigenvalue weighted by atomic mass is 10.0. The summed E-state index contributed by atoms with van der Waals surface area (Å²) in [4.78, 5) is 12.1. The van der Waals surface area contributed by atoms with E-state index in [4.69, 9.17) is 4.42 Å². The van der Waals surface area contributed by atoms with Crippen molar-refractivity contribution in [2.75, 3.05) is 0 Å². The molecule has 2 aromatic rings. The molecule has 1 aliphatic carbocycles. The quantitative estimate of drug-likeness (QED) is 0.804. The molecule has 1 aromatic carbocycles. The fourth-order valence-electron chi connectivity index (χ4n) is 2.51. The lowest BCUT2D eigenvalue weighted by molar-refractivity contribution is 0.0991. The standard InChI is InChI=1S/C15H13BrO2/c16-15-13(6-7-18-15)14(17)9-10-4-5-11-2-1-3-12(11)8-10/h4-8H,1-3,9H2. The minimum Gasteiger partial charge on any atom is -0.457 e. The van der Waals surface area contributed by atoms with Crippen molar-refractivity contribution in [1.29, 1.82) is 0 Å². The summed E-state index contributed by atoms with van der Waals surface area (Å²) in [5.74, 6) is 0.0913. The van der Waals surface area contributed by atoms with Crippen molar-refractivity contribution in [1.82, 2.24) is 0 Å². The van der Waals surface area contributed by atoms with Crippen LogP contribution in [0.1, 0.15) is 33.5 Å². The average molecular weight is 305 g/mol. The third kappa shape index (κ3) is 2.15. The Balaban J connectivity index is 1.81. The summed E-state index contributed by atoms with van der Waals surface area (Å²) < 4.78 is 5.62. The molecule has 0 bridgehead atoms. The highest BCUT2D eigenvalue weighted by molar-refractivity contribution is 9.10. The van der Waals surface area contributed by atoms with Gasteiger partial charge in [0, 0.05) is 6.42 Å². The molecular formula is C15H13BrO2. The second kappa shape index (κ2) is 4.73. The van der Waals surface area contributed by atoms with Crippen LogP contribution in [0.25, 0.3) is 0 Å². The van der Waals surface area contributed by atoms with Crippen LogP contribution in [0.4, 0.5) is 0 Å². The number of hydrogen-bond acceptors (Lipinski definition) is 2. The van der Waals surface area contributed by atoms with Crippen molar-refractivity contribution in [2.24, 2.45) is 0 Å². The molecule has 0 saturated heterocycles. The van der Waals surface area contributed by atoms with Gasteiger partial charge in [-0.05, 0) is 57.9 Å². The van der Waals surface area contributed by atoms with Gasteiger partial charge in [0.25, 0.3) is 0 Å². The summed E-state index contributed by atoms with van der Waals surface area (Å²) in [7, 11) is 0. The van der Waals surface area contributed by atoms with Crippen molar-refractivity contribution >= 4 is 21.7 Å². The predicted octanol–water partition coefficient (Wildman–Crippen LogP) is 3.96. The van der Waals surface area contributed by atoms with E-state index in [-0.39, 0.29) is 5.78 Å². The molecule has 0 unspecified atom stereocenters. The number of ketones is 1. The second-order valence-corrected chi connectivity index (χ2v) is 5.38. The fraction of sp³-hybridized carbons (Fsp3) is 0.267. The highest BCUT2D eigenvalue weighted by Gasteiger charge is 2.15. The number of carbonyl (C=O) groups is 1. The van der Waals surface area contributed by atoms with Crippen LogP contribution in [-0.4, -0.2) is 5.78 Å².